The van der Waals surface area contributed by atoms with Crippen LogP contribution in [0.4, 0.5) is 0 Å². The lowest BCUT2D eigenvalue weighted by molar-refractivity contribution is 0.583. The average Bonchev–Trinajstić information content (AvgIpc) is 2.78. The van der Waals surface area contributed by atoms with Gasteiger partial charge in [0, 0.05) is 0 Å². The highest BCUT2D eigenvalue weighted by Crippen LogP contribution is 2.11. The van der Waals surface area contributed by atoms with Crippen LogP contribution in [0.25, 0.3) is 12.2 Å². The summed E-state index contributed by atoms with van der Waals surface area (Å²) >= 11 is 0. The van der Waals surface area contributed by atoms with E-state index >= 15 is 0 Å². The van der Waals surface area contributed by atoms with E-state index in [2.05, 4.69) is 10.3 Å². The molecule has 0 aromatic carbocycles. The van der Waals surface area contributed by atoms with Crippen molar-refractivity contribution in [1.82, 2.24) is 14.4 Å². The van der Waals surface area contributed by atoms with Crippen molar-refractivity contribution in [3.8, 4) is 0 Å². The number of aromatic nitrogens is 3. The fourth-order valence-corrected chi connectivity index (χ4v) is 1.80. The smallest absolute Gasteiger partial charge is 0.205 e. The Morgan fingerprint density at radius 2 is 1.47 bits per heavy atom. The zero-order valence-electron chi connectivity index (χ0n) is 12.9. The van der Waals surface area contributed by atoms with Gasteiger partial charge in [-0.05, 0) is 26.0 Å². The Hall–Kier alpha value is -1.43. The number of hydrogen-bond donors (Lipinski definition) is 0. The molecule has 0 unspecified atom stereocenters. The third kappa shape index (κ3) is 6.33. The molecule has 19 heavy (non-hydrogen) atoms. The summed E-state index contributed by atoms with van der Waals surface area (Å²) < 4.78 is 23.6. The quantitative estimate of drug-likeness (QED) is 0.856. The number of hydrogen-bond acceptors (Lipinski definition) is 4. The van der Waals surface area contributed by atoms with E-state index in [1.165, 1.54) is 0 Å². The molecule has 0 spiro atoms. The first-order chi connectivity index (χ1) is 9.00. The van der Waals surface area contributed by atoms with Gasteiger partial charge in [-0.3, -0.25) is 0 Å². The van der Waals surface area contributed by atoms with Gasteiger partial charge in [-0.15, -0.1) is 9.19 Å². The maximum atomic E-state index is 11.3. The Kier molecular flexibility index (Phi) is 11.0. The third-order valence-electron chi connectivity index (χ3n) is 1.67. The fourth-order valence-electron chi connectivity index (χ4n) is 1.11. The minimum absolute atomic E-state index is 0.470. The predicted molar refractivity (Wildman–Crippen MR) is 82.4 cm³/mol. The Labute approximate surface area is 117 Å². The maximum absolute atomic E-state index is 11.3. The average molecular weight is 287 g/mol. The second kappa shape index (κ2) is 10.5. The van der Waals surface area contributed by atoms with Crippen LogP contribution in [0.5, 0.6) is 0 Å². The van der Waals surface area contributed by atoms with E-state index in [4.69, 9.17) is 0 Å². The second-order valence-electron chi connectivity index (χ2n) is 2.97. The van der Waals surface area contributed by atoms with Gasteiger partial charge in [0.15, 0.2) is 0 Å². The zero-order valence-corrected chi connectivity index (χ0v) is 13.7. The van der Waals surface area contributed by atoms with Crippen molar-refractivity contribution in [3.63, 3.8) is 0 Å². The van der Waals surface area contributed by atoms with E-state index in [0.29, 0.717) is 11.4 Å². The third-order valence-corrected chi connectivity index (χ3v) is 2.56. The van der Waals surface area contributed by atoms with Crippen molar-refractivity contribution in [1.29, 1.82) is 0 Å². The van der Waals surface area contributed by atoms with Gasteiger partial charge >= 0.3 is 0 Å². The number of nitrogens with zero attached hydrogens (tertiary/aromatic N) is 3. The molecule has 1 rings (SSSR count). The molecule has 0 fully saturated rings. The van der Waals surface area contributed by atoms with Crippen LogP contribution in [-0.4, -0.2) is 29.1 Å². The van der Waals surface area contributed by atoms with Crippen molar-refractivity contribution >= 4 is 22.2 Å². The van der Waals surface area contributed by atoms with Crippen LogP contribution in [-0.2, 0) is 10.0 Å². The van der Waals surface area contributed by atoms with E-state index in [1.807, 2.05) is 34.6 Å². The molecule has 0 saturated carbocycles. The summed E-state index contributed by atoms with van der Waals surface area (Å²) in [5.41, 5.74) is 1.01. The molecule has 0 atom stereocenters. The number of allylic oxidation sites excluding steroid dienone is 2. The molecule has 0 aliphatic rings. The topological polar surface area (TPSA) is 64.8 Å². The van der Waals surface area contributed by atoms with Crippen LogP contribution in [0.3, 0.4) is 0 Å². The molecule has 0 amide bonds. The van der Waals surface area contributed by atoms with Gasteiger partial charge in [-0.2, -0.15) is 0 Å². The van der Waals surface area contributed by atoms with E-state index in [0.717, 1.165) is 10.3 Å². The summed E-state index contributed by atoms with van der Waals surface area (Å²) in [6.45, 7) is 11.6. The van der Waals surface area contributed by atoms with Gasteiger partial charge in [0.2, 0.25) is 0 Å². The molecule has 1 heterocycles. The van der Waals surface area contributed by atoms with Gasteiger partial charge in [0.1, 0.15) is 11.4 Å². The summed E-state index contributed by atoms with van der Waals surface area (Å²) in [6.07, 6.45) is 7.99. The minimum atomic E-state index is -3.40. The highest BCUT2D eigenvalue weighted by atomic mass is 32.2. The molecule has 0 radical (unpaired) electrons. The van der Waals surface area contributed by atoms with E-state index in [-0.39, 0.29) is 0 Å². The standard InChI is InChI=1S/C9H13N3O2S.2C2H6/c1-4-6-8-9(7-5-2)12(11-10-8)15(3,13)14;2*1-2/h4-7H,1-3H3;2*1-2H3/b6-4-,7-5-;;. The zero-order chi connectivity index (χ0) is 15.5. The van der Waals surface area contributed by atoms with Crippen LogP contribution in [0, 0.1) is 0 Å². The van der Waals surface area contributed by atoms with Crippen molar-refractivity contribution in [2.24, 2.45) is 0 Å². The van der Waals surface area contributed by atoms with Crippen LogP contribution < -0.4 is 0 Å². The van der Waals surface area contributed by atoms with Crippen molar-refractivity contribution in [3.05, 3.63) is 23.5 Å². The molecule has 0 N–H and O–H groups in total. The highest BCUT2D eigenvalue weighted by molar-refractivity contribution is 7.89. The maximum Gasteiger partial charge on any atom is 0.252 e. The molecule has 0 aliphatic heterocycles. The predicted octanol–water partition coefficient (Wildman–Crippen LogP) is 3.20. The lowest BCUT2D eigenvalue weighted by atomic mass is 10.3. The largest absolute Gasteiger partial charge is 0.252 e. The first-order valence-corrected chi connectivity index (χ1v) is 8.27. The van der Waals surface area contributed by atoms with E-state index in [9.17, 15) is 8.42 Å². The summed E-state index contributed by atoms with van der Waals surface area (Å²) in [5.74, 6) is 0. The highest BCUT2D eigenvalue weighted by Gasteiger charge is 2.15. The van der Waals surface area contributed by atoms with Gasteiger partial charge in [-0.25, -0.2) is 8.42 Å². The summed E-state index contributed by atoms with van der Waals surface area (Å²) in [5, 5.41) is 7.39. The summed E-state index contributed by atoms with van der Waals surface area (Å²) in [7, 11) is -3.40. The Morgan fingerprint density at radius 1 is 1.00 bits per heavy atom. The molecule has 0 bridgehead atoms. The molecule has 0 aliphatic carbocycles. The van der Waals surface area contributed by atoms with Crippen molar-refractivity contribution in [2.75, 3.05) is 6.26 Å². The monoisotopic (exact) mass is 287 g/mol. The second-order valence-corrected chi connectivity index (χ2v) is 4.78. The van der Waals surface area contributed by atoms with Gasteiger partial charge in [0.25, 0.3) is 10.0 Å². The normalized spacial score (nSPS) is 10.9. The molecule has 1 aromatic heterocycles. The van der Waals surface area contributed by atoms with Crippen LogP contribution in [0.1, 0.15) is 52.9 Å². The molecule has 5 nitrogen and oxygen atoms in total. The Bertz CT molecular complexity index is 500. The van der Waals surface area contributed by atoms with Crippen LogP contribution in [0.2, 0.25) is 0 Å². The molecular weight excluding hydrogens is 262 g/mol. The van der Waals surface area contributed by atoms with Gasteiger partial charge in [0.05, 0.1) is 6.26 Å². The Morgan fingerprint density at radius 3 is 1.84 bits per heavy atom. The molecular formula is C13H25N3O2S. The van der Waals surface area contributed by atoms with Crippen molar-refractivity contribution in [2.45, 2.75) is 41.5 Å². The SMILES string of the molecule is C/C=C\c1nnn(S(C)(=O)=O)c1/C=C\C.CC.CC. The molecule has 1 aromatic rings. The van der Waals surface area contributed by atoms with Gasteiger partial charge < -0.3 is 0 Å². The fraction of sp³-hybridized carbons (Fsp3) is 0.538. The van der Waals surface area contributed by atoms with Crippen molar-refractivity contribution < 1.29 is 8.42 Å². The first kappa shape index (κ1) is 19.9. The molecule has 0 saturated heterocycles. The summed E-state index contributed by atoms with van der Waals surface area (Å²) in [4.78, 5) is 0. The van der Waals surface area contributed by atoms with E-state index in [1.54, 1.807) is 31.2 Å². The Balaban J connectivity index is 0. The lowest BCUT2D eigenvalue weighted by Crippen LogP contribution is -2.13. The van der Waals surface area contributed by atoms with Crippen LogP contribution >= 0.6 is 0 Å². The first-order valence-electron chi connectivity index (χ1n) is 6.42. The van der Waals surface area contributed by atoms with Gasteiger partial charge in [-0.1, -0.05) is 45.1 Å². The number of rotatable bonds is 3. The molecule has 110 valence electrons. The minimum Gasteiger partial charge on any atom is -0.205 e. The lowest BCUT2D eigenvalue weighted by Gasteiger charge is -1.98. The molecule has 6 heteroatoms. The van der Waals surface area contributed by atoms with Crippen LogP contribution in [0.15, 0.2) is 12.2 Å². The summed E-state index contributed by atoms with van der Waals surface area (Å²) in [6, 6.07) is 0. The van der Waals surface area contributed by atoms with E-state index < -0.39 is 10.0 Å².